The molecule has 0 unspecified atom stereocenters. The third-order valence-corrected chi connectivity index (χ3v) is 6.03. The van der Waals surface area contributed by atoms with E-state index in [2.05, 4.69) is 16.0 Å². The molecule has 0 fully saturated rings. The van der Waals surface area contributed by atoms with Crippen LogP contribution in [0, 0.1) is 6.92 Å². The SMILES string of the molecule is COc1ccc(S(=O)(=O)N(C)c2c(C(=O)O)cnc3c2c(C)nn3C)cc1.NO. The van der Waals surface area contributed by atoms with Gasteiger partial charge in [-0.1, -0.05) is 0 Å². The van der Waals surface area contributed by atoms with Gasteiger partial charge in [-0.3, -0.25) is 8.99 Å². The van der Waals surface area contributed by atoms with Crippen LogP contribution in [0.1, 0.15) is 16.1 Å². The molecule has 3 aromatic rings. The van der Waals surface area contributed by atoms with Crippen LogP contribution in [0.4, 0.5) is 5.69 Å². The van der Waals surface area contributed by atoms with Crippen molar-refractivity contribution in [2.45, 2.75) is 11.8 Å². The lowest BCUT2D eigenvalue weighted by Crippen LogP contribution is -2.28. The zero-order valence-corrected chi connectivity index (χ0v) is 17.0. The molecule has 0 aliphatic rings. The van der Waals surface area contributed by atoms with E-state index in [9.17, 15) is 18.3 Å². The fourth-order valence-corrected chi connectivity index (χ4v) is 4.13. The summed E-state index contributed by atoms with van der Waals surface area (Å²) in [5, 5.41) is 20.7. The van der Waals surface area contributed by atoms with Crippen LogP contribution in [0.25, 0.3) is 11.0 Å². The molecule has 0 saturated carbocycles. The van der Waals surface area contributed by atoms with E-state index >= 15 is 0 Å². The molecule has 4 N–H and O–H groups in total. The Morgan fingerprint density at radius 1 is 1.24 bits per heavy atom. The number of fused-ring (bicyclic) bond motifs is 1. The van der Waals surface area contributed by atoms with E-state index in [1.54, 1.807) is 14.0 Å². The van der Waals surface area contributed by atoms with Crippen molar-refractivity contribution in [3.63, 3.8) is 0 Å². The van der Waals surface area contributed by atoms with Gasteiger partial charge in [-0.25, -0.2) is 24.1 Å². The van der Waals surface area contributed by atoms with Gasteiger partial charge in [0.15, 0.2) is 5.65 Å². The average molecular weight is 423 g/mol. The molecular weight excluding hydrogens is 402 g/mol. The minimum atomic E-state index is -4.02. The van der Waals surface area contributed by atoms with Crippen LogP contribution in [-0.2, 0) is 17.1 Å². The Labute approximate surface area is 167 Å². The number of nitrogens with zero attached hydrogens (tertiary/aromatic N) is 4. The summed E-state index contributed by atoms with van der Waals surface area (Å²) in [7, 11) is 0.427. The molecule has 2 aromatic heterocycles. The zero-order valence-electron chi connectivity index (χ0n) is 16.2. The topological polar surface area (TPSA) is 161 Å². The van der Waals surface area contributed by atoms with Crippen molar-refractivity contribution < 1.29 is 28.3 Å². The first-order chi connectivity index (χ1) is 13.7. The average Bonchev–Trinajstić information content (AvgIpc) is 3.02. The summed E-state index contributed by atoms with van der Waals surface area (Å²) in [6.07, 6.45) is 1.14. The van der Waals surface area contributed by atoms with E-state index in [4.69, 9.17) is 9.94 Å². The molecule has 0 bridgehead atoms. The lowest BCUT2D eigenvalue weighted by Gasteiger charge is -2.22. The van der Waals surface area contributed by atoms with Crippen LogP contribution in [0.2, 0.25) is 0 Å². The van der Waals surface area contributed by atoms with Gasteiger partial charge in [0.25, 0.3) is 10.0 Å². The number of sulfonamides is 1. The Balaban J connectivity index is 0.00000145. The Hall–Kier alpha value is -3.22. The number of benzene rings is 1. The number of pyridine rings is 1. The first-order valence-electron chi connectivity index (χ1n) is 8.13. The number of aryl methyl sites for hydroxylation is 2. The highest BCUT2D eigenvalue weighted by molar-refractivity contribution is 7.92. The molecule has 11 nitrogen and oxygen atoms in total. The monoisotopic (exact) mass is 423 g/mol. The van der Waals surface area contributed by atoms with Gasteiger partial charge in [0.2, 0.25) is 0 Å². The van der Waals surface area contributed by atoms with Gasteiger partial charge >= 0.3 is 5.97 Å². The summed E-state index contributed by atoms with van der Waals surface area (Å²) >= 11 is 0. The van der Waals surface area contributed by atoms with E-state index in [1.165, 1.54) is 43.1 Å². The number of hydrogen-bond donors (Lipinski definition) is 3. The van der Waals surface area contributed by atoms with Crippen molar-refractivity contribution >= 4 is 32.7 Å². The molecule has 0 saturated heterocycles. The van der Waals surface area contributed by atoms with Crippen molar-refractivity contribution in [2.75, 3.05) is 18.5 Å². The van der Waals surface area contributed by atoms with E-state index in [1.807, 2.05) is 0 Å². The molecule has 0 aliphatic heterocycles. The van der Waals surface area contributed by atoms with Gasteiger partial charge in [-0.05, 0) is 31.2 Å². The highest BCUT2D eigenvalue weighted by Gasteiger charge is 2.29. The number of aromatic nitrogens is 3. The summed E-state index contributed by atoms with van der Waals surface area (Å²) < 4.78 is 33.7. The van der Waals surface area contributed by atoms with Crippen LogP contribution in [0.3, 0.4) is 0 Å². The quantitative estimate of drug-likeness (QED) is 0.511. The Bertz CT molecular complexity index is 1140. The van der Waals surface area contributed by atoms with E-state index < -0.39 is 16.0 Å². The fraction of sp³-hybridized carbons (Fsp3) is 0.235. The number of carbonyl (C=O) groups is 1. The van der Waals surface area contributed by atoms with Gasteiger partial charge in [-0.15, -0.1) is 0 Å². The predicted molar refractivity (Wildman–Crippen MR) is 105 cm³/mol. The molecule has 29 heavy (non-hydrogen) atoms. The Morgan fingerprint density at radius 2 is 1.83 bits per heavy atom. The highest BCUT2D eigenvalue weighted by Crippen LogP contribution is 2.34. The molecule has 0 atom stereocenters. The van der Waals surface area contributed by atoms with Crippen molar-refractivity contribution in [3.05, 3.63) is 41.7 Å². The van der Waals surface area contributed by atoms with Gasteiger partial charge in [0.05, 0.1) is 28.8 Å². The molecular formula is C17H21N5O6S. The van der Waals surface area contributed by atoms with E-state index in [-0.39, 0.29) is 16.1 Å². The van der Waals surface area contributed by atoms with Gasteiger partial charge in [0.1, 0.15) is 11.3 Å². The van der Waals surface area contributed by atoms with Crippen molar-refractivity contribution in [2.24, 2.45) is 12.9 Å². The Kier molecular flexibility index (Phi) is 6.41. The molecule has 0 radical (unpaired) electrons. The van der Waals surface area contributed by atoms with Crippen LogP contribution in [-0.4, -0.2) is 53.6 Å². The largest absolute Gasteiger partial charge is 0.497 e. The maximum atomic E-state index is 13.1. The second-order valence-corrected chi connectivity index (χ2v) is 7.85. The normalized spacial score (nSPS) is 11.0. The van der Waals surface area contributed by atoms with Crippen LogP contribution in [0.5, 0.6) is 5.75 Å². The molecule has 0 aliphatic carbocycles. The molecule has 0 amide bonds. The molecule has 3 rings (SSSR count). The van der Waals surface area contributed by atoms with Crippen LogP contribution in [0.15, 0.2) is 35.4 Å². The number of hydrogen-bond acceptors (Lipinski definition) is 8. The minimum Gasteiger partial charge on any atom is -0.497 e. The summed E-state index contributed by atoms with van der Waals surface area (Å²) in [5.74, 6) is 2.73. The molecule has 2 heterocycles. The van der Waals surface area contributed by atoms with Crippen LogP contribution >= 0.6 is 0 Å². The maximum Gasteiger partial charge on any atom is 0.339 e. The first-order valence-corrected chi connectivity index (χ1v) is 9.57. The lowest BCUT2D eigenvalue weighted by molar-refractivity contribution is 0.0697. The third kappa shape index (κ3) is 3.85. The van der Waals surface area contributed by atoms with Gasteiger partial charge in [0, 0.05) is 20.3 Å². The van der Waals surface area contributed by atoms with Crippen molar-refractivity contribution in [1.29, 1.82) is 0 Å². The maximum absolute atomic E-state index is 13.1. The number of carboxylic acid groups (broad SMARTS) is 1. The van der Waals surface area contributed by atoms with E-state index in [0.29, 0.717) is 22.5 Å². The third-order valence-electron chi connectivity index (χ3n) is 4.26. The van der Waals surface area contributed by atoms with E-state index in [0.717, 1.165) is 10.5 Å². The van der Waals surface area contributed by atoms with Crippen LogP contribution < -0.4 is 14.9 Å². The summed E-state index contributed by atoms with van der Waals surface area (Å²) in [6, 6.07) is 5.85. The highest BCUT2D eigenvalue weighted by atomic mass is 32.2. The molecule has 1 aromatic carbocycles. The number of ether oxygens (including phenoxy) is 1. The summed E-state index contributed by atoms with van der Waals surface area (Å²) in [5.41, 5.74) is 0.672. The number of methoxy groups -OCH3 is 1. The second-order valence-electron chi connectivity index (χ2n) is 5.88. The standard InChI is InChI=1S/C17H18N4O5S.H3NO/c1-10-14-15(13(17(22)23)9-18-16(14)20(2)19-10)21(3)27(24,25)12-7-5-11(26-4)6-8-12;1-2/h5-9H,1-4H3,(H,22,23);2H,1H2. The molecule has 0 spiro atoms. The Morgan fingerprint density at radius 3 is 2.34 bits per heavy atom. The number of rotatable bonds is 5. The fourth-order valence-electron chi connectivity index (χ4n) is 2.90. The number of aromatic carboxylic acids is 1. The summed E-state index contributed by atoms with van der Waals surface area (Å²) in [4.78, 5) is 15.9. The van der Waals surface area contributed by atoms with Gasteiger partial charge in [-0.2, -0.15) is 5.10 Å². The van der Waals surface area contributed by atoms with Crippen molar-refractivity contribution in [3.8, 4) is 5.75 Å². The van der Waals surface area contributed by atoms with Crippen molar-refractivity contribution in [1.82, 2.24) is 14.8 Å². The number of nitrogens with two attached hydrogens (primary N) is 1. The summed E-state index contributed by atoms with van der Waals surface area (Å²) in [6.45, 7) is 1.67. The zero-order chi connectivity index (χ0) is 21.9. The second kappa shape index (κ2) is 8.43. The minimum absolute atomic E-state index is 0.00800. The molecule has 12 heteroatoms. The molecule has 156 valence electrons. The number of anilines is 1. The number of carboxylic acids is 1. The predicted octanol–water partition coefficient (Wildman–Crippen LogP) is 1.14. The smallest absolute Gasteiger partial charge is 0.339 e. The lowest BCUT2D eigenvalue weighted by atomic mass is 10.1. The van der Waals surface area contributed by atoms with Gasteiger partial charge < -0.3 is 15.1 Å². The first kappa shape index (κ1) is 22.1.